The first-order valence-corrected chi connectivity index (χ1v) is 7.42. The van der Waals surface area contributed by atoms with Gasteiger partial charge in [-0.3, -0.25) is 9.59 Å². The summed E-state index contributed by atoms with van der Waals surface area (Å²) in [7, 11) is 0. The summed E-state index contributed by atoms with van der Waals surface area (Å²) in [5.41, 5.74) is 0.759. The van der Waals surface area contributed by atoms with Gasteiger partial charge < -0.3 is 10.6 Å². The second kappa shape index (κ2) is 7.74. The van der Waals surface area contributed by atoms with Gasteiger partial charge in [0.2, 0.25) is 5.91 Å². The summed E-state index contributed by atoms with van der Waals surface area (Å²) in [6, 6.07) is 12.5. The molecular weight excluding hydrogens is 319 g/mol. The molecule has 23 heavy (non-hydrogen) atoms. The minimum absolute atomic E-state index is 0.0943. The van der Waals surface area contributed by atoms with Crippen LogP contribution in [0.3, 0.4) is 0 Å². The van der Waals surface area contributed by atoms with Crippen molar-refractivity contribution in [1.82, 2.24) is 10.6 Å². The molecule has 0 aliphatic carbocycles. The number of benzene rings is 2. The molecule has 2 aromatic carbocycles. The lowest BCUT2D eigenvalue weighted by molar-refractivity contribution is -0.120. The highest BCUT2D eigenvalue weighted by Crippen LogP contribution is 2.17. The first-order chi connectivity index (χ1) is 11.0. The summed E-state index contributed by atoms with van der Waals surface area (Å²) in [6.07, 6.45) is 0. The average molecular weight is 335 g/mol. The van der Waals surface area contributed by atoms with E-state index in [9.17, 15) is 14.0 Å². The molecule has 0 aliphatic heterocycles. The number of hydrogen-bond acceptors (Lipinski definition) is 2. The number of carbonyl (C=O) groups is 2. The molecule has 2 rings (SSSR count). The zero-order valence-electron chi connectivity index (χ0n) is 12.5. The third-order valence-electron chi connectivity index (χ3n) is 3.25. The predicted molar refractivity (Wildman–Crippen MR) is 86.7 cm³/mol. The molecule has 0 spiro atoms. The first-order valence-electron chi connectivity index (χ1n) is 7.05. The van der Waals surface area contributed by atoms with Gasteiger partial charge in [0.05, 0.1) is 18.2 Å². The predicted octanol–water partition coefficient (Wildman–Crippen LogP) is 3.09. The van der Waals surface area contributed by atoms with E-state index in [0.29, 0.717) is 5.02 Å². The fourth-order valence-electron chi connectivity index (χ4n) is 2.05. The number of halogens is 2. The van der Waals surface area contributed by atoms with Crippen molar-refractivity contribution in [1.29, 1.82) is 0 Å². The van der Waals surface area contributed by atoms with Gasteiger partial charge >= 0.3 is 0 Å². The molecule has 0 aliphatic rings. The smallest absolute Gasteiger partial charge is 0.254 e. The van der Waals surface area contributed by atoms with Gasteiger partial charge in [-0.1, -0.05) is 35.9 Å². The van der Waals surface area contributed by atoms with Crippen LogP contribution >= 0.6 is 11.6 Å². The van der Waals surface area contributed by atoms with Crippen LogP contribution in [-0.2, 0) is 4.79 Å². The Balaban J connectivity index is 1.88. The zero-order valence-corrected chi connectivity index (χ0v) is 13.2. The topological polar surface area (TPSA) is 58.2 Å². The Kier molecular flexibility index (Phi) is 5.71. The Bertz CT molecular complexity index is 721. The van der Waals surface area contributed by atoms with Crippen molar-refractivity contribution >= 4 is 23.4 Å². The third-order valence-corrected chi connectivity index (χ3v) is 3.49. The molecular formula is C17H16ClFN2O2. The minimum atomic E-state index is -0.631. The molecule has 0 saturated heterocycles. The molecule has 0 bridgehead atoms. The summed E-state index contributed by atoms with van der Waals surface area (Å²) < 4.78 is 13.5. The van der Waals surface area contributed by atoms with Crippen molar-refractivity contribution in [2.75, 3.05) is 6.54 Å². The Morgan fingerprint density at radius 1 is 1.17 bits per heavy atom. The van der Waals surface area contributed by atoms with E-state index in [1.807, 2.05) is 13.0 Å². The van der Waals surface area contributed by atoms with Crippen molar-refractivity contribution < 1.29 is 14.0 Å². The molecule has 0 saturated carbocycles. The summed E-state index contributed by atoms with van der Waals surface area (Å²) >= 11 is 5.91. The van der Waals surface area contributed by atoms with Crippen LogP contribution in [-0.4, -0.2) is 18.4 Å². The summed E-state index contributed by atoms with van der Waals surface area (Å²) in [6.45, 7) is 1.57. The van der Waals surface area contributed by atoms with Crippen molar-refractivity contribution in [2.24, 2.45) is 0 Å². The maximum Gasteiger partial charge on any atom is 0.254 e. The van der Waals surface area contributed by atoms with Crippen LogP contribution in [0, 0.1) is 5.82 Å². The maximum absolute atomic E-state index is 13.5. The average Bonchev–Trinajstić information content (AvgIpc) is 2.53. The van der Waals surface area contributed by atoms with Crippen LogP contribution in [0.2, 0.25) is 5.02 Å². The highest BCUT2D eigenvalue weighted by molar-refractivity contribution is 6.30. The lowest BCUT2D eigenvalue weighted by Gasteiger charge is -2.15. The standard InChI is InChI=1S/C17H16ClFN2O2/c1-11(12-5-4-6-13(18)9-12)21-16(22)10-20-17(23)14-7-2-3-8-15(14)19/h2-9,11H,10H2,1H3,(H,20,23)(H,21,22)/t11-/m0/s1. The Morgan fingerprint density at radius 2 is 1.91 bits per heavy atom. The van der Waals surface area contributed by atoms with Crippen molar-refractivity contribution in [2.45, 2.75) is 13.0 Å². The van der Waals surface area contributed by atoms with Crippen LogP contribution < -0.4 is 10.6 Å². The van der Waals surface area contributed by atoms with Crippen LogP contribution in [0.1, 0.15) is 28.9 Å². The molecule has 120 valence electrons. The SMILES string of the molecule is C[C@H](NC(=O)CNC(=O)c1ccccc1F)c1cccc(Cl)c1. The van der Waals surface area contributed by atoms with Crippen LogP contribution in [0.25, 0.3) is 0 Å². The lowest BCUT2D eigenvalue weighted by Crippen LogP contribution is -2.38. The van der Waals surface area contributed by atoms with Crippen LogP contribution in [0.15, 0.2) is 48.5 Å². The summed E-state index contributed by atoms with van der Waals surface area (Å²) in [5, 5.41) is 5.71. The quantitative estimate of drug-likeness (QED) is 0.882. The van der Waals surface area contributed by atoms with E-state index in [0.717, 1.165) is 5.56 Å². The molecule has 0 unspecified atom stereocenters. The van der Waals surface area contributed by atoms with Crippen molar-refractivity contribution in [3.8, 4) is 0 Å². The Labute approximate surface area is 138 Å². The fourth-order valence-corrected chi connectivity index (χ4v) is 2.25. The monoisotopic (exact) mass is 334 g/mol. The van der Waals surface area contributed by atoms with E-state index < -0.39 is 11.7 Å². The molecule has 2 amide bonds. The van der Waals surface area contributed by atoms with Gasteiger partial charge in [0.15, 0.2) is 0 Å². The molecule has 2 aromatic rings. The van der Waals surface area contributed by atoms with Crippen LogP contribution in [0.4, 0.5) is 4.39 Å². The summed E-state index contributed by atoms with van der Waals surface area (Å²) in [5.74, 6) is -1.63. The highest BCUT2D eigenvalue weighted by Gasteiger charge is 2.14. The maximum atomic E-state index is 13.5. The second-order valence-corrected chi connectivity index (χ2v) is 5.44. The van der Waals surface area contributed by atoms with Gasteiger partial charge in [0.1, 0.15) is 5.82 Å². The van der Waals surface area contributed by atoms with Gasteiger partial charge in [0.25, 0.3) is 5.91 Å². The summed E-state index contributed by atoms with van der Waals surface area (Å²) in [4.78, 5) is 23.7. The molecule has 1 atom stereocenters. The number of amides is 2. The number of nitrogens with one attached hydrogen (secondary N) is 2. The molecule has 0 fully saturated rings. The van der Waals surface area contributed by atoms with Gasteiger partial charge in [-0.05, 0) is 36.8 Å². The normalized spacial score (nSPS) is 11.6. The van der Waals surface area contributed by atoms with Gasteiger partial charge in [-0.25, -0.2) is 4.39 Å². The second-order valence-electron chi connectivity index (χ2n) is 5.01. The number of rotatable bonds is 5. The lowest BCUT2D eigenvalue weighted by atomic mass is 10.1. The van der Waals surface area contributed by atoms with E-state index >= 15 is 0 Å². The molecule has 0 heterocycles. The molecule has 0 radical (unpaired) electrons. The van der Waals surface area contributed by atoms with E-state index in [4.69, 9.17) is 11.6 Å². The van der Waals surface area contributed by atoms with Gasteiger partial charge in [0, 0.05) is 5.02 Å². The van der Waals surface area contributed by atoms with Gasteiger partial charge in [-0.2, -0.15) is 0 Å². The van der Waals surface area contributed by atoms with Crippen LogP contribution in [0.5, 0.6) is 0 Å². The molecule has 6 heteroatoms. The number of carbonyl (C=O) groups excluding carboxylic acids is 2. The van der Waals surface area contributed by atoms with Crippen molar-refractivity contribution in [3.63, 3.8) is 0 Å². The van der Waals surface area contributed by atoms with E-state index in [1.165, 1.54) is 18.2 Å². The highest BCUT2D eigenvalue weighted by atomic mass is 35.5. The van der Waals surface area contributed by atoms with Crippen molar-refractivity contribution in [3.05, 3.63) is 70.5 Å². The fraction of sp³-hybridized carbons (Fsp3) is 0.176. The zero-order chi connectivity index (χ0) is 16.8. The van der Waals surface area contributed by atoms with E-state index in [1.54, 1.807) is 24.3 Å². The number of hydrogen-bond donors (Lipinski definition) is 2. The molecule has 0 aromatic heterocycles. The Morgan fingerprint density at radius 3 is 2.61 bits per heavy atom. The van der Waals surface area contributed by atoms with E-state index in [-0.39, 0.29) is 24.1 Å². The Hall–Kier alpha value is -2.40. The molecule has 2 N–H and O–H groups in total. The minimum Gasteiger partial charge on any atom is -0.348 e. The van der Waals surface area contributed by atoms with E-state index in [2.05, 4.69) is 10.6 Å². The first kappa shape index (κ1) is 17.0. The largest absolute Gasteiger partial charge is 0.348 e. The van der Waals surface area contributed by atoms with Gasteiger partial charge in [-0.15, -0.1) is 0 Å². The third kappa shape index (κ3) is 4.79. The molecule has 4 nitrogen and oxygen atoms in total.